The van der Waals surface area contributed by atoms with E-state index in [1.807, 2.05) is 0 Å². The molecule has 0 saturated heterocycles. The monoisotopic (exact) mass is 276 g/mol. The number of fused-ring (bicyclic) bond motifs is 2. The van der Waals surface area contributed by atoms with Crippen molar-refractivity contribution in [1.82, 2.24) is 0 Å². The van der Waals surface area contributed by atoms with E-state index in [0.717, 1.165) is 25.7 Å². The summed E-state index contributed by atoms with van der Waals surface area (Å²) in [5.41, 5.74) is 0. The van der Waals surface area contributed by atoms with E-state index < -0.39 is 0 Å². The van der Waals surface area contributed by atoms with Gasteiger partial charge < -0.3 is 0 Å². The minimum atomic E-state index is 0.0280. The van der Waals surface area contributed by atoms with Gasteiger partial charge in [0.2, 0.25) is 0 Å². The van der Waals surface area contributed by atoms with Gasteiger partial charge in [0, 0.05) is 23.7 Å². The molecule has 2 heteroatoms. The molecule has 20 heavy (non-hydrogen) atoms. The van der Waals surface area contributed by atoms with E-state index in [0.29, 0.717) is 35.2 Å². The van der Waals surface area contributed by atoms with Crippen LogP contribution in [0.5, 0.6) is 0 Å². The Balaban J connectivity index is 2.01. The molecule has 0 aliphatic heterocycles. The molecule has 0 spiro atoms. The van der Waals surface area contributed by atoms with Crippen LogP contribution in [0.3, 0.4) is 0 Å². The first-order chi connectivity index (χ1) is 9.43. The first-order valence-electron chi connectivity index (χ1n) is 8.51. The van der Waals surface area contributed by atoms with Crippen LogP contribution < -0.4 is 0 Å². The van der Waals surface area contributed by atoms with Crippen LogP contribution >= 0.6 is 0 Å². The topological polar surface area (TPSA) is 34.1 Å². The highest BCUT2D eigenvalue weighted by atomic mass is 16.1. The van der Waals surface area contributed by atoms with Crippen molar-refractivity contribution in [1.29, 1.82) is 0 Å². The fraction of sp³-hybridized carbons (Fsp3) is 0.889. The molecule has 0 aromatic carbocycles. The van der Waals surface area contributed by atoms with Crippen LogP contribution in [0.2, 0.25) is 0 Å². The summed E-state index contributed by atoms with van der Waals surface area (Å²) in [4.78, 5) is 26.2. The van der Waals surface area contributed by atoms with Gasteiger partial charge in [0.15, 0.2) is 0 Å². The predicted octanol–water partition coefficient (Wildman–Crippen LogP) is 3.74. The summed E-state index contributed by atoms with van der Waals surface area (Å²) < 4.78 is 0. The molecule has 3 aliphatic rings. The maximum atomic E-state index is 13.1. The van der Waals surface area contributed by atoms with Crippen molar-refractivity contribution in [2.45, 2.75) is 53.4 Å². The molecule has 3 fully saturated rings. The third-order valence-corrected chi connectivity index (χ3v) is 6.69. The van der Waals surface area contributed by atoms with Gasteiger partial charge in [0.05, 0.1) is 0 Å². The molecule has 3 saturated carbocycles. The van der Waals surface area contributed by atoms with Gasteiger partial charge in [0.25, 0.3) is 0 Å². The number of ketones is 2. The molecule has 0 bridgehead atoms. The third kappa shape index (κ3) is 1.90. The molecule has 3 aliphatic carbocycles. The van der Waals surface area contributed by atoms with Crippen LogP contribution in [0.4, 0.5) is 0 Å². The SMILES string of the molecule is CC1CCC(C)C2C(=O)C3C(C)CCC(C)C3C(=O)C12. The molecule has 0 radical (unpaired) electrons. The Kier molecular flexibility index (Phi) is 3.54. The molecule has 0 aromatic heterocycles. The van der Waals surface area contributed by atoms with Crippen molar-refractivity contribution >= 4 is 11.6 Å². The molecule has 0 aromatic rings. The van der Waals surface area contributed by atoms with Crippen molar-refractivity contribution < 1.29 is 9.59 Å². The van der Waals surface area contributed by atoms with Gasteiger partial charge in [0.1, 0.15) is 11.6 Å². The summed E-state index contributed by atoms with van der Waals surface area (Å²) in [7, 11) is 0. The summed E-state index contributed by atoms with van der Waals surface area (Å²) in [6.07, 6.45) is 4.46. The second kappa shape index (κ2) is 4.96. The van der Waals surface area contributed by atoms with Crippen molar-refractivity contribution in [3.8, 4) is 0 Å². The molecule has 8 unspecified atom stereocenters. The van der Waals surface area contributed by atoms with Crippen LogP contribution in [-0.4, -0.2) is 11.6 Å². The molecule has 112 valence electrons. The highest BCUT2D eigenvalue weighted by molar-refractivity contribution is 6.00. The van der Waals surface area contributed by atoms with Crippen LogP contribution in [0.25, 0.3) is 0 Å². The first kappa shape index (κ1) is 14.3. The smallest absolute Gasteiger partial charge is 0.141 e. The molecule has 0 amide bonds. The standard InChI is InChI=1S/C18H28O2/c1-9-5-6-10(2)14-13(9)17(19)15-11(3)7-8-12(4)16(15)18(14)20/h9-16H,5-8H2,1-4H3. The Morgan fingerprint density at radius 1 is 0.550 bits per heavy atom. The lowest BCUT2D eigenvalue weighted by Gasteiger charge is -2.51. The van der Waals surface area contributed by atoms with E-state index in [1.54, 1.807) is 0 Å². The van der Waals surface area contributed by atoms with Crippen LogP contribution in [0, 0.1) is 47.3 Å². The van der Waals surface area contributed by atoms with E-state index >= 15 is 0 Å². The first-order valence-corrected chi connectivity index (χ1v) is 8.51. The summed E-state index contributed by atoms with van der Waals surface area (Å²) in [6, 6.07) is 0. The Morgan fingerprint density at radius 2 is 0.750 bits per heavy atom. The zero-order valence-electron chi connectivity index (χ0n) is 13.3. The lowest BCUT2D eigenvalue weighted by Crippen LogP contribution is -2.57. The van der Waals surface area contributed by atoms with Gasteiger partial charge >= 0.3 is 0 Å². The largest absolute Gasteiger partial charge is 0.299 e. The summed E-state index contributed by atoms with van der Waals surface area (Å²) in [5, 5.41) is 0. The van der Waals surface area contributed by atoms with E-state index in [1.165, 1.54) is 0 Å². The van der Waals surface area contributed by atoms with Crippen LogP contribution in [-0.2, 0) is 9.59 Å². The van der Waals surface area contributed by atoms with Gasteiger partial charge in [-0.15, -0.1) is 0 Å². The van der Waals surface area contributed by atoms with Gasteiger partial charge in [-0.2, -0.15) is 0 Å². The Labute approximate surface area is 122 Å². The summed E-state index contributed by atoms with van der Waals surface area (Å²) in [6.45, 7) is 8.75. The number of Topliss-reactive ketones (excluding diaryl/α,β-unsaturated/α-hetero) is 2. The minimum Gasteiger partial charge on any atom is -0.299 e. The molecular formula is C18H28O2. The Bertz CT molecular complexity index is 351. The maximum absolute atomic E-state index is 13.1. The highest BCUT2D eigenvalue weighted by Gasteiger charge is 2.57. The minimum absolute atomic E-state index is 0.0280. The van der Waals surface area contributed by atoms with Gasteiger partial charge in [-0.1, -0.05) is 27.7 Å². The zero-order valence-corrected chi connectivity index (χ0v) is 13.3. The van der Waals surface area contributed by atoms with E-state index in [9.17, 15) is 9.59 Å². The summed E-state index contributed by atoms with van der Waals surface area (Å²) in [5.74, 6) is 2.60. The molecular weight excluding hydrogens is 248 g/mol. The molecule has 8 atom stereocenters. The third-order valence-electron chi connectivity index (χ3n) is 6.69. The lowest BCUT2D eigenvalue weighted by molar-refractivity contribution is -0.161. The number of hydrogen-bond acceptors (Lipinski definition) is 2. The van der Waals surface area contributed by atoms with Crippen LogP contribution in [0.15, 0.2) is 0 Å². The summed E-state index contributed by atoms with van der Waals surface area (Å²) >= 11 is 0. The van der Waals surface area contributed by atoms with E-state index in [-0.39, 0.29) is 23.7 Å². The maximum Gasteiger partial charge on any atom is 0.141 e. The van der Waals surface area contributed by atoms with Gasteiger partial charge in [-0.05, 0) is 49.4 Å². The van der Waals surface area contributed by atoms with E-state index in [2.05, 4.69) is 27.7 Å². The second-order valence-corrected chi connectivity index (χ2v) is 7.97. The quantitative estimate of drug-likeness (QED) is 0.675. The number of rotatable bonds is 0. The lowest BCUT2D eigenvalue weighted by atomic mass is 9.50. The van der Waals surface area contributed by atoms with Crippen molar-refractivity contribution in [2.75, 3.05) is 0 Å². The molecule has 0 heterocycles. The second-order valence-electron chi connectivity index (χ2n) is 7.97. The van der Waals surface area contributed by atoms with Gasteiger partial charge in [-0.3, -0.25) is 9.59 Å². The average Bonchev–Trinajstić information content (AvgIpc) is 2.41. The van der Waals surface area contributed by atoms with Crippen LogP contribution in [0.1, 0.15) is 53.4 Å². The number of carbonyl (C=O) groups excluding carboxylic acids is 2. The van der Waals surface area contributed by atoms with Crippen molar-refractivity contribution in [2.24, 2.45) is 47.3 Å². The number of hydrogen-bond donors (Lipinski definition) is 0. The number of carbonyl (C=O) groups is 2. The zero-order chi connectivity index (χ0) is 14.6. The fourth-order valence-electron chi connectivity index (χ4n) is 5.46. The molecule has 3 rings (SSSR count). The average molecular weight is 276 g/mol. The Morgan fingerprint density at radius 3 is 0.950 bits per heavy atom. The van der Waals surface area contributed by atoms with Gasteiger partial charge in [-0.25, -0.2) is 0 Å². The predicted molar refractivity (Wildman–Crippen MR) is 79.1 cm³/mol. The van der Waals surface area contributed by atoms with E-state index in [4.69, 9.17) is 0 Å². The molecule has 0 N–H and O–H groups in total. The Hall–Kier alpha value is -0.660. The van der Waals surface area contributed by atoms with Crippen molar-refractivity contribution in [3.05, 3.63) is 0 Å². The normalized spacial score (nSPS) is 52.4. The fourth-order valence-corrected chi connectivity index (χ4v) is 5.46. The molecule has 2 nitrogen and oxygen atoms in total. The van der Waals surface area contributed by atoms with Crippen molar-refractivity contribution in [3.63, 3.8) is 0 Å². The highest BCUT2D eigenvalue weighted by Crippen LogP contribution is 2.52.